The Balaban J connectivity index is -0.0000000800. The van der Waals surface area contributed by atoms with Crippen molar-refractivity contribution >= 4 is 12.4 Å². The topological polar surface area (TPSA) is 58.3 Å². The largest absolute Gasteiger partial charge is 0.392 e. The first kappa shape index (κ1) is 16.1. The molecule has 1 unspecified atom stereocenters. The van der Waals surface area contributed by atoms with E-state index in [1.54, 1.807) is 6.92 Å². The molecule has 0 amide bonds. The van der Waals surface area contributed by atoms with Crippen molar-refractivity contribution in [2.75, 3.05) is 20.6 Å². The van der Waals surface area contributed by atoms with Gasteiger partial charge in [-0.25, -0.2) is 0 Å². The molecule has 0 heterocycles. The number of halogens is 1. The van der Waals surface area contributed by atoms with E-state index < -0.39 is 0 Å². The number of aliphatic hydroxyl groups excluding tert-OH is 1. The number of hydrogen-bond acceptors (Lipinski definition) is 3. The summed E-state index contributed by atoms with van der Waals surface area (Å²) in [5, 5.41) is 11.0. The lowest BCUT2D eigenvalue weighted by atomic mass is 10.4. The van der Waals surface area contributed by atoms with Gasteiger partial charge in [0.15, 0.2) is 0 Å². The molecule has 0 saturated carbocycles. The summed E-state index contributed by atoms with van der Waals surface area (Å²) in [6.45, 7) is 2.01. The van der Waals surface area contributed by atoms with E-state index >= 15 is 0 Å². The Morgan fingerprint density at radius 2 is 1.67 bits per heavy atom. The van der Waals surface area contributed by atoms with Crippen LogP contribution in [0.5, 0.6) is 0 Å². The van der Waals surface area contributed by atoms with Crippen molar-refractivity contribution in [3.63, 3.8) is 0 Å². The fourth-order valence-corrected chi connectivity index (χ4v) is 0. The Morgan fingerprint density at radius 3 is 1.67 bits per heavy atom. The van der Waals surface area contributed by atoms with Crippen molar-refractivity contribution in [3.05, 3.63) is 0 Å². The smallest absolute Gasteiger partial charge is 0.0634 e. The summed E-state index contributed by atoms with van der Waals surface area (Å²) >= 11 is 0. The molecule has 1 atom stereocenters. The second-order valence-electron chi connectivity index (χ2n) is 1.58. The molecule has 0 aliphatic heterocycles. The van der Waals surface area contributed by atoms with Crippen LogP contribution in [0, 0.1) is 0 Å². The zero-order valence-corrected chi connectivity index (χ0v) is 7.03. The van der Waals surface area contributed by atoms with Crippen molar-refractivity contribution < 1.29 is 5.11 Å². The monoisotopic (exact) mass is 156 g/mol. The van der Waals surface area contributed by atoms with Gasteiger partial charge in [-0.3, -0.25) is 0 Å². The highest BCUT2D eigenvalue weighted by atomic mass is 35.5. The van der Waals surface area contributed by atoms with Crippen molar-refractivity contribution in [1.82, 2.24) is 5.32 Å². The highest BCUT2D eigenvalue weighted by Gasteiger charge is 1.81. The van der Waals surface area contributed by atoms with Crippen LogP contribution in [0.3, 0.4) is 0 Å². The minimum atomic E-state index is -0.338. The standard InChI is InChI=1S/C3H9NO.C2H7N.ClH/c1-3(5)2-4;1-3-2;/h3,5H,2,4H2,1H3;3H,1-2H3;1H. The van der Waals surface area contributed by atoms with Crippen LogP contribution in [0.4, 0.5) is 0 Å². The molecule has 3 nitrogen and oxygen atoms in total. The van der Waals surface area contributed by atoms with Gasteiger partial charge in [0.05, 0.1) is 6.10 Å². The molecule has 4 N–H and O–H groups in total. The molecule has 9 heavy (non-hydrogen) atoms. The van der Waals surface area contributed by atoms with Crippen molar-refractivity contribution in [2.24, 2.45) is 5.73 Å². The molecular weight excluding hydrogens is 140 g/mol. The zero-order chi connectivity index (χ0) is 6.99. The van der Waals surface area contributed by atoms with Gasteiger partial charge in [0.2, 0.25) is 0 Å². The van der Waals surface area contributed by atoms with E-state index in [0.29, 0.717) is 6.54 Å². The lowest BCUT2D eigenvalue weighted by molar-refractivity contribution is 0.203. The third-order valence-corrected chi connectivity index (χ3v) is 0.341. The summed E-state index contributed by atoms with van der Waals surface area (Å²) in [6.07, 6.45) is -0.338. The third kappa shape index (κ3) is 66.1. The molecule has 0 aromatic heterocycles. The van der Waals surface area contributed by atoms with Gasteiger partial charge in [-0.1, -0.05) is 0 Å². The summed E-state index contributed by atoms with van der Waals surface area (Å²) in [4.78, 5) is 0. The van der Waals surface area contributed by atoms with Crippen LogP contribution < -0.4 is 11.1 Å². The summed E-state index contributed by atoms with van der Waals surface area (Å²) in [7, 11) is 3.75. The van der Waals surface area contributed by atoms with Gasteiger partial charge in [0.1, 0.15) is 0 Å². The molecule has 0 aromatic carbocycles. The molecule has 4 heteroatoms. The molecule has 0 aliphatic rings. The maximum absolute atomic E-state index is 8.24. The van der Waals surface area contributed by atoms with Gasteiger partial charge in [-0.05, 0) is 21.0 Å². The lowest BCUT2D eigenvalue weighted by Gasteiger charge is -1.91. The predicted octanol–water partition coefficient (Wildman–Crippen LogP) is -0.417. The Kier molecular flexibility index (Phi) is 28.1. The summed E-state index contributed by atoms with van der Waals surface area (Å²) in [6, 6.07) is 0. The first-order valence-electron chi connectivity index (χ1n) is 2.65. The Morgan fingerprint density at radius 1 is 1.56 bits per heavy atom. The Labute approximate surface area is 63.0 Å². The molecule has 0 aromatic rings. The third-order valence-electron chi connectivity index (χ3n) is 0.341. The van der Waals surface area contributed by atoms with Crippen LogP contribution in [0.2, 0.25) is 0 Å². The summed E-state index contributed by atoms with van der Waals surface area (Å²) < 4.78 is 0. The highest BCUT2D eigenvalue weighted by molar-refractivity contribution is 5.85. The second-order valence-corrected chi connectivity index (χ2v) is 1.58. The van der Waals surface area contributed by atoms with E-state index in [4.69, 9.17) is 10.8 Å². The van der Waals surface area contributed by atoms with Crippen molar-refractivity contribution in [3.8, 4) is 0 Å². The van der Waals surface area contributed by atoms with Crippen LogP contribution in [-0.4, -0.2) is 31.9 Å². The van der Waals surface area contributed by atoms with Crippen LogP contribution in [0.25, 0.3) is 0 Å². The van der Waals surface area contributed by atoms with Gasteiger partial charge >= 0.3 is 0 Å². The maximum atomic E-state index is 8.24. The van der Waals surface area contributed by atoms with Gasteiger partial charge in [-0.15, -0.1) is 12.4 Å². The van der Waals surface area contributed by atoms with Crippen molar-refractivity contribution in [2.45, 2.75) is 13.0 Å². The molecule has 0 fully saturated rings. The van der Waals surface area contributed by atoms with Crippen LogP contribution in [-0.2, 0) is 0 Å². The molecule has 60 valence electrons. The van der Waals surface area contributed by atoms with Gasteiger partial charge in [0, 0.05) is 6.54 Å². The lowest BCUT2D eigenvalue weighted by Crippen LogP contribution is -2.14. The average molecular weight is 157 g/mol. The van der Waals surface area contributed by atoms with E-state index in [2.05, 4.69) is 5.32 Å². The molecule has 0 saturated heterocycles. The van der Waals surface area contributed by atoms with Crippen LogP contribution in [0.15, 0.2) is 0 Å². The highest BCUT2D eigenvalue weighted by Crippen LogP contribution is 1.65. The van der Waals surface area contributed by atoms with Gasteiger partial charge in [0.25, 0.3) is 0 Å². The van der Waals surface area contributed by atoms with Crippen LogP contribution in [0.1, 0.15) is 6.92 Å². The molecular formula is C5H17ClN2O. The summed E-state index contributed by atoms with van der Waals surface area (Å²) in [5.41, 5.74) is 4.92. The number of aliphatic hydroxyl groups is 1. The Bertz CT molecular complexity index is 36.1. The zero-order valence-electron chi connectivity index (χ0n) is 6.22. The fraction of sp³-hybridized carbons (Fsp3) is 1.00. The van der Waals surface area contributed by atoms with E-state index in [1.807, 2.05) is 14.1 Å². The Hall–Kier alpha value is 0.170. The molecule has 0 aliphatic carbocycles. The van der Waals surface area contributed by atoms with E-state index in [-0.39, 0.29) is 18.5 Å². The first-order valence-corrected chi connectivity index (χ1v) is 2.65. The van der Waals surface area contributed by atoms with E-state index in [0.717, 1.165) is 0 Å². The summed E-state index contributed by atoms with van der Waals surface area (Å²) in [5.74, 6) is 0. The quantitative estimate of drug-likeness (QED) is 0.484. The number of rotatable bonds is 1. The van der Waals surface area contributed by atoms with Crippen molar-refractivity contribution in [1.29, 1.82) is 0 Å². The number of nitrogens with one attached hydrogen (secondary N) is 1. The van der Waals surface area contributed by atoms with Gasteiger partial charge < -0.3 is 16.2 Å². The van der Waals surface area contributed by atoms with Crippen LogP contribution >= 0.6 is 12.4 Å². The number of nitrogens with two attached hydrogens (primary N) is 1. The molecule has 0 bridgehead atoms. The second kappa shape index (κ2) is 15.7. The van der Waals surface area contributed by atoms with E-state index in [9.17, 15) is 0 Å². The minimum Gasteiger partial charge on any atom is -0.392 e. The maximum Gasteiger partial charge on any atom is 0.0634 e. The minimum absolute atomic E-state index is 0. The van der Waals surface area contributed by atoms with E-state index in [1.165, 1.54) is 0 Å². The number of hydrogen-bond donors (Lipinski definition) is 3. The molecule has 0 radical (unpaired) electrons. The molecule has 0 spiro atoms. The predicted molar refractivity (Wildman–Crippen MR) is 43.0 cm³/mol. The fourth-order valence-electron chi connectivity index (χ4n) is 0. The molecule has 0 rings (SSSR count). The first-order chi connectivity index (χ1) is 3.68. The SMILES string of the molecule is CC(O)CN.CNC.Cl. The normalized spacial score (nSPS) is 10.3. The van der Waals surface area contributed by atoms with Gasteiger partial charge in [-0.2, -0.15) is 0 Å². The average Bonchev–Trinajstić information content (AvgIpc) is 1.69.